The van der Waals surface area contributed by atoms with Crippen LogP contribution in [0.15, 0.2) is 23.0 Å². The van der Waals surface area contributed by atoms with Gasteiger partial charge in [0.15, 0.2) is 0 Å². The van der Waals surface area contributed by atoms with Gasteiger partial charge in [-0.15, -0.1) is 11.3 Å². The molecule has 2 aromatic heterocycles. The van der Waals surface area contributed by atoms with Crippen LogP contribution in [0, 0.1) is 11.3 Å². The number of rotatable bonds is 3. The van der Waals surface area contributed by atoms with E-state index in [0.717, 1.165) is 61.2 Å². The summed E-state index contributed by atoms with van der Waals surface area (Å²) in [5.41, 5.74) is 8.23. The lowest BCUT2D eigenvalue weighted by Crippen LogP contribution is -2.27. The summed E-state index contributed by atoms with van der Waals surface area (Å²) in [7, 11) is 0. The van der Waals surface area contributed by atoms with Crippen LogP contribution in [0.25, 0.3) is 10.9 Å². The molecule has 3 heterocycles. The number of benzene rings is 1. The molecule has 7 nitrogen and oxygen atoms in total. The minimum Gasteiger partial charge on any atom is -0.365 e. The Hall–Kier alpha value is -3.00. The van der Waals surface area contributed by atoms with Gasteiger partial charge in [0.1, 0.15) is 10.8 Å². The fourth-order valence-electron chi connectivity index (χ4n) is 5.41. The maximum atomic E-state index is 13.2. The summed E-state index contributed by atoms with van der Waals surface area (Å²) in [6.07, 6.45) is 6.50. The Morgan fingerprint density at radius 3 is 2.71 bits per heavy atom. The predicted molar refractivity (Wildman–Crippen MR) is 139 cm³/mol. The van der Waals surface area contributed by atoms with E-state index in [4.69, 9.17) is 10.7 Å². The second kappa shape index (κ2) is 8.90. The number of carbonyl (C=O) groups excluding carboxylic acids is 2. The Labute approximate surface area is 208 Å². The number of aromatic nitrogens is 2. The molecule has 0 saturated carbocycles. The van der Waals surface area contributed by atoms with E-state index in [9.17, 15) is 14.4 Å². The monoisotopic (exact) mass is 492 g/mol. The molecule has 0 bridgehead atoms. The zero-order valence-corrected chi connectivity index (χ0v) is 21.4. The molecule has 0 saturated heterocycles. The molecule has 1 aliphatic heterocycles. The molecule has 0 unspecified atom stereocenters. The number of amides is 2. The number of carbonyl (C=O) groups is 2. The second-order valence-electron chi connectivity index (χ2n) is 10.9. The summed E-state index contributed by atoms with van der Waals surface area (Å²) in [6.45, 7) is 7.42. The summed E-state index contributed by atoms with van der Waals surface area (Å²) in [5.74, 6) is 0.451. The third-order valence-corrected chi connectivity index (χ3v) is 8.71. The molecular weight excluding hydrogens is 460 g/mol. The molecule has 0 fully saturated rings. The topological polar surface area (TPSA) is 107 Å². The molecule has 1 aromatic carbocycles. The number of hydrogen-bond donors (Lipinski definition) is 2. The summed E-state index contributed by atoms with van der Waals surface area (Å²) in [4.78, 5) is 44.5. The first-order chi connectivity index (χ1) is 16.6. The van der Waals surface area contributed by atoms with E-state index in [1.54, 1.807) is 22.8 Å². The van der Waals surface area contributed by atoms with Gasteiger partial charge in [0.2, 0.25) is 0 Å². The molecule has 35 heavy (non-hydrogen) atoms. The van der Waals surface area contributed by atoms with Crippen LogP contribution >= 0.6 is 11.3 Å². The molecule has 0 spiro atoms. The average molecular weight is 493 g/mol. The van der Waals surface area contributed by atoms with Crippen molar-refractivity contribution < 1.29 is 9.59 Å². The maximum absolute atomic E-state index is 13.2. The van der Waals surface area contributed by atoms with Crippen molar-refractivity contribution in [3.63, 3.8) is 0 Å². The maximum Gasteiger partial charge on any atom is 0.261 e. The number of nitrogens with one attached hydrogen (secondary N) is 1. The predicted octanol–water partition coefficient (Wildman–Crippen LogP) is 4.69. The molecule has 3 N–H and O–H groups in total. The van der Waals surface area contributed by atoms with E-state index in [0.29, 0.717) is 39.5 Å². The van der Waals surface area contributed by atoms with E-state index in [-0.39, 0.29) is 16.9 Å². The highest BCUT2D eigenvalue weighted by molar-refractivity contribution is 7.17. The molecular formula is C27H32N4O3S. The first-order valence-corrected chi connectivity index (χ1v) is 13.2. The molecule has 5 rings (SSSR count). The lowest BCUT2D eigenvalue weighted by Gasteiger charge is -2.33. The van der Waals surface area contributed by atoms with Crippen LogP contribution in [0.5, 0.6) is 0 Å². The Bertz CT molecular complexity index is 1400. The van der Waals surface area contributed by atoms with E-state index in [2.05, 4.69) is 26.1 Å². The molecule has 1 aliphatic carbocycles. The molecule has 3 aromatic rings. The van der Waals surface area contributed by atoms with Crippen molar-refractivity contribution in [1.82, 2.24) is 9.55 Å². The quantitative estimate of drug-likeness (QED) is 0.553. The van der Waals surface area contributed by atoms with Crippen molar-refractivity contribution >= 4 is 39.1 Å². The standard InChI is InChI=1S/C27H32N4O3S/c1-27(2,3)16-9-11-18-20(14-16)35-25(22(18)23(28)32)30-24(33)15-8-10-17-19(13-15)29-21-7-5-4-6-12-31(21)26(17)34/h8,10,13,16H,4-7,9,11-12,14H2,1-3H3,(H2,28,32)(H,30,33)/t16-/m1/s1. The van der Waals surface area contributed by atoms with Crippen molar-refractivity contribution in [2.75, 3.05) is 5.32 Å². The lowest BCUT2D eigenvalue weighted by atomic mass is 9.72. The smallest absolute Gasteiger partial charge is 0.261 e. The Morgan fingerprint density at radius 1 is 1.17 bits per heavy atom. The van der Waals surface area contributed by atoms with Crippen LogP contribution < -0.4 is 16.6 Å². The number of hydrogen-bond acceptors (Lipinski definition) is 5. The van der Waals surface area contributed by atoms with Crippen molar-refractivity contribution in [3.05, 3.63) is 55.9 Å². The number of thiophene rings is 1. The van der Waals surface area contributed by atoms with Gasteiger partial charge in [-0.25, -0.2) is 4.98 Å². The van der Waals surface area contributed by atoms with Gasteiger partial charge in [0.05, 0.1) is 16.5 Å². The number of anilines is 1. The van der Waals surface area contributed by atoms with Crippen LogP contribution in [-0.4, -0.2) is 21.4 Å². The Kier molecular flexibility index (Phi) is 6.03. The highest BCUT2D eigenvalue weighted by atomic mass is 32.1. The highest BCUT2D eigenvalue weighted by Gasteiger charge is 2.33. The first kappa shape index (κ1) is 23.7. The summed E-state index contributed by atoms with van der Waals surface area (Å²) in [6, 6.07) is 5.00. The zero-order valence-electron chi connectivity index (χ0n) is 20.6. The number of nitrogens with zero attached hydrogens (tertiary/aromatic N) is 2. The van der Waals surface area contributed by atoms with E-state index >= 15 is 0 Å². The summed E-state index contributed by atoms with van der Waals surface area (Å²) < 4.78 is 1.77. The highest BCUT2D eigenvalue weighted by Crippen LogP contribution is 2.44. The van der Waals surface area contributed by atoms with Crippen molar-refractivity contribution in [2.24, 2.45) is 17.1 Å². The van der Waals surface area contributed by atoms with Crippen molar-refractivity contribution in [1.29, 1.82) is 0 Å². The summed E-state index contributed by atoms with van der Waals surface area (Å²) in [5, 5.41) is 3.97. The molecule has 1 atom stereocenters. The van der Waals surface area contributed by atoms with Crippen molar-refractivity contribution in [3.8, 4) is 0 Å². The zero-order chi connectivity index (χ0) is 24.9. The van der Waals surface area contributed by atoms with Gasteiger partial charge in [-0.1, -0.05) is 27.2 Å². The van der Waals surface area contributed by atoms with Gasteiger partial charge < -0.3 is 11.1 Å². The van der Waals surface area contributed by atoms with Crippen LogP contribution in [0.3, 0.4) is 0 Å². The minimum absolute atomic E-state index is 0.0470. The first-order valence-electron chi connectivity index (χ1n) is 12.4. The third-order valence-electron chi connectivity index (χ3n) is 7.54. The van der Waals surface area contributed by atoms with E-state index in [1.807, 2.05) is 0 Å². The molecule has 8 heteroatoms. The summed E-state index contributed by atoms with van der Waals surface area (Å²) >= 11 is 1.46. The van der Waals surface area contributed by atoms with Crippen LogP contribution in [0.4, 0.5) is 5.00 Å². The largest absolute Gasteiger partial charge is 0.365 e. The Balaban J connectivity index is 1.47. The molecule has 184 valence electrons. The lowest BCUT2D eigenvalue weighted by molar-refractivity contribution is 0.1000. The van der Waals surface area contributed by atoms with E-state index < -0.39 is 5.91 Å². The van der Waals surface area contributed by atoms with Crippen LogP contribution in [-0.2, 0) is 25.8 Å². The van der Waals surface area contributed by atoms with Gasteiger partial charge in [-0.2, -0.15) is 0 Å². The molecule has 0 radical (unpaired) electrons. The fraction of sp³-hybridized carbons (Fsp3) is 0.481. The van der Waals surface area contributed by atoms with Crippen molar-refractivity contribution in [2.45, 2.75) is 72.3 Å². The van der Waals surface area contributed by atoms with E-state index in [1.165, 1.54) is 11.3 Å². The van der Waals surface area contributed by atoms with Crippen LogP contribution in [0.2, 0.25) is 0 Å². The van der Waals surface area contributed by atoms with Gasteiger partial charge in [0.25, 0.3) is 17.4 Å². The normalized spacial score (nSPS) is 18.0. The SMILES string of the molecule is CC(C)(C)[C@@H]1CCc2c(sc(NC(=O)c3ccc4c(=O)n5c(nc4c3)CCCCC5)c2C(N)=O)C1. The average Bonchev–Trinajstić information content (AvgIpc) is 2.99. The Morgan fingerprint density at radius 2 is 1.97 bits per heavy atom. The van der Waals surface area contributed by atoms with Gasteiger partial charge in [-0.3, -0.25) is 19.0 Å². The third kappa shape index (κ3) is 4.40. The number of aryl methyl sites for hydroxylation is 1. The van der Waals surface area contributed by atoms with Gasteiger partial charge >= 0.3 is 0 Å². The van der Waals surface area contributed by atoms with Crippen LogP contribution in [0.1, 0.15) is 83.4 Å². The number of nitrogens with two attached hydrogens (primary N) is 1. The second-order valence-corrected chi connectivity index (χ2v) is 12.0. The van der Waals surface area contributed by atoms with Gasteiger partial charge in [0, 0.05) is 23.4 Å². The van der Waals surface area contributed by atoms with Gasteiger partial charge in [-0.05, 0) is 67.2 Å². The fourth-order valence-corrected chi connectivity index (χ4v) is 6.74. The molecule has 2 amide bonds. The molecule has 2 aliphatic rings. The number of primary amides is 1. The minimum atomic E-state index is -0.511. The number of fused-ring (bicyclic) bond motifs is 3.